The zero-order valence-corrected chi connectivity index (χ0v) is 14.1. The molecular weight excluding hydrogens is 316 g/mol. The third-order valence-corrected chi connectivity index (χ3v) is 4.68. The summed E-state index contributed by atoms with van der Waals surface area (Å²) in [6.45, 7) is 2.63. The number of hydrogen-bond donors (Lipinski definition) is 1. The van der Waals surface area contributed by atoms with Gasteiger partial charge in [-0.2, -0.15) is 5.10 Å². The fourth-order valence-electron chi connectivity index (χ4n) is 3.46. The fourth-order valence-corrected chi connectivity index (χ4v) is 3.46. The molecule has 1 aliphatic heterocycles. The molecule has 0 saturated carbocycles. The van der Waals surface area contributed by atoms with Gasteiger partial charge >= 0.3 is 0 Å². The van der Waals surface area contributed by atoms with Crippen LogP contribution in [0.5, 0.6) is 0 Å². The number of aryl methyl sites for hydroxylation is 1. The van der Waals surface area contributed by atoms with Crippen molar-refractivity contribution in [1.29, 1.82) is 0 Å². The number of hydrogen-bond acceptors (Lipinski definition) is 4. The SMILES string of the molecule is Cc1cc(-c2cn[nH]c2[C@H]2CCCCN2C(=O)c2ccccc2)on1. The Labute approximate surface area is 145 Å². The number of rotatable bonds is 3. The minimum Gasteiger partial charge on any atom is -0.356 e. The van der Waals surface area contributed by atoms with Crippen molar-refractivity contribution >= 4 is 5.91 Å². The lowest BCUT2D eigenvalue weighted by Crippen LogP contribution is -2.38. The summed E-state index contributed by atoms with van der Waals surface area (Å²) in [5.41, 5.74) is 3.33. The smallest absolute Gasteiger partial charge is 0.254 e. The lowest BCUT2D eigenvalue weighted by Gasteiger charge is -2.35. The summed E-state index contributed by atoms with van der Waals surface area (Å²) >= 11 is 0. The molecule has 1 amide bonds. The summed E-state index contributed by atoms with van der Waals surface area (Å²) < 4.78 is 5.41. The Bertz CT molecular complexity index is 868. The van der Waals surface area contributed by atoms with Crippen molar-refractivity contribution in [1.82, 2.24) is 20.3 Å². The zero-order valence-electron chi connectivity index (χ0n) is 14.1. The molecule has 1 N–H and O–H groups in total. The maximum Gasteiger partial charge on any atom is 0.254 e. The zero-order chi connectivity index (χ0) is 17.2. The second kappa shape index (κ2) is 6.55. The van der Waals surface area contributed by atoms with Crippen LogP contribution in [0.1, 0.15) is 47.1 Å². The molecule has 3 aromatic rings. The highest BCUT2D eigenvalue weighted by Gasteiger charge is 2.32. The monoisotopic (exact) mass is 336 g/mol. The maximum atomic E-state index is 13.0. The molecule has 25 heavy (non-hydrogen) atoms. The van der Waals surface area contributed by atoms with Crippen LogP contribution in [0.2, 0.25) is 0 Å². The Hall–Kier alpha value is -2.89. The maximum absolute atomic E-state index is 13.0. The molecule has 4 rings (SSSR count). The van der Waals surface area contributed by atoms with Crippen molar-refractivity contribution in [3.05, 3.63) is 59.5 Å². The average Bonchev–Trinajstić information content (AvgIpc) is 3.30. The van der Waals surface area contributed by atoms with E-state index in [1.165, 1.54) is 0 Å². The van der Waals surface area contributed by atoms with Crippen LogP contribution < -0.4 is 0 Å². The third kappa shape index (κ3) is 2.95. The standard InChI is InChI=1S/C19H20N4O2/c1-13-11-17(25-22-13)15-12-20-21-18(15)16-9-5-6-10-23(16)19(24)14-7-3-2-4-8-14/h2-4,7-8,11-12,16H,5-6,9-10H2,1H3,(H,20,21)/t16-/m1/s1. The summed E-state index contributed by atoms with van der Waals surface area (Å²) in [7, 11) is 0. The van der Waals surface area contributed by atoms with E-state index in [0.29, 0.717) is 11.3 Å². The normalized spacial score (nSPS) is 17.6. The van der Waals surface area contributed by atoms with Crippen LogP contribution in [-0.2, 0) is 0 Å². The highest BCUT2D eigenvalue weighted by Crippen LogP contribution is 2.36. The van der Waals surface area contributed by atoms with Crippen molar-refractivity contribution in [3.8, 4) is 11.3 Å². The number of nitrogens with one attached hydrogen (secondary N) is 1. The lowest BCUT2D eigenvalue weighted by atomic mass is 9.95. The highest BCUT2D eigenvalue weighted by molar-refractivity contribution is 5.94. The molecule has 2 aromatic heterocycles. The van der Waals surface area contributed by atoms with Crippen molar-refractivity contribution in [2.24, 2.45) is 0 Å². The molecule has 1 aromatic carbocycles. The average molecular weight is 336 g/mol. The van der Waals surface area contributed by atoms with E-state index in [4.69, 9.17) is 4.52 Å². The molecule has 0 aliphatic carbocycles. The first kappa shape index (κ1) is 15.6. The minimum absolute atomic E-state index is 0.0376. The predicted molar refractivity (Wildman–Crippen MR) is 92.9 cm³/mol. The Morgan fingerprint density at radius 1 is 1.28 bits per heavy atom. The molecule has 3 heterocycles. The largest absolute Gasteiger partial charge is 0.356 e. The van der Waals surface area contributed by atoms with Gasteiger partial charge in [0.25, 0.3) is 5.91 Å². The van der Waals surface area contributed by atoms with E-state index >= 15 is 0 Å². The Kier molecular flexibility index (Phi) is 4.09. The number of carbonyl (C=O) groups is 1. The summed E-state index contributed by atoms with van der Waals surface area (Å²) in [6.07, 6.45) is 4.74. The van der Waals surface area contributed by atoms with E-state index in [0.717, 1.165) is 42.8 Å². The van der Waals surface area contributed by atoms with Crippen LogP contribution in [0.15, 0.2) is 47.1 Å². The summed E-state index contributed by atoms with van der Waals surface area (Å²) in [6, 6.07) is 11.3. The fraction of sp³-hybridized carbons (Fsp3) is 0.316. The summed E-state index contributed by atoms with van der Waals surface area (Å²) in [4.78, 5) is 15.0. The third-order valence-electron chi connectivity index (χ3n) is 4.68. The highest BCUT2D eigenvalue weighted by atomic mass is 16.5. The number of benzene rings is 1. The van der Waals surface area contributed by atoms with Crippen LogP contribution in [-0.4, -0.2) is 32.7 Å². The van der Waals surface area contributed by atoms with E-state index in [9.17, 15) is 4.79 Å². The van der Waals surface area contributed by atoms with Gasteiger partial charge in [-0.1, -0.05) is 23.4 Å². The minimum atomic E-state index is -0.0376. The number of aromatic nitrogens is 3. The predicted octanol–water partition coefficient (Wildman–Crippen LogP) is 3.74. The van der Waals surface area contributed by atoms with E-state index in [2.05, 4.69) is 15.4 Å². The van der Waals surface area contributed by atoms with Crippen LogP contribution in [0, 0.1) is 6.92 Å². The van der Waals surface area contributed by atoms with Crippen molar-refractivity contribution in [2.45, 2.75) is 32.2 Å². The summed E-state index contributed by atoms with van der Waals surface area (Å²) in [5, 5.41) is 11.2. The first-order chi connectivity index (χ1) is 12.2. The van der Waals surface area contributed by atoms with E-state index in [-0.39, 0.29) is 11.9 Å². The molecule has 1 atom stereocenters. The number of likely N-dealkylation sites (tertiary alicyclic amines) is 1. The topological polar surface area (TPSA) is 75.0 Å². The summed E-state index contributed by atoms with van der Waals surface area (Å²) in [5.74, 6) is 0.735. The lowest BCUT2D eigenvalue weighted by molar-refractivity contribution is 0.0606. The molecule has 6 nitrogen and oxygen atoms in total. The Morgan fingerprint density at radius 2 is 2.12 bits per heavy atom. The van der Waals surface area contributed by atoms with Gasteiger partial charge in [0.05, 0.1) is 29.2 Å². The number of amides is 1. The van der Waals surface area contributed by atoms with E-state index in [1.54, 1.807) is 6.20 Å². The van der Waals surface area contributed by atoms with Gasteiger partial charge < -0.3 is 9.42 Å². The van der Waals surface area contributed by atoms with Gasteiger partial charge in [0, 0.05) is 18.2 Å². The number of nitrogens with zero attached hydrogens (tertiary/aromatic N) is 3. The molecule has 0 spiro atoms. The molecule has 128 valence electrons. The number of H-pyrrole nitrogens is 1. The van der Waals surface area contributed by atoms with Gasteiger partial charge in [-0.05, 0) is 38.3 Å². The van der Waals surface area contributed by atoms with Crippen molar-refractivity contribution in [2.75, 3.05) is 6.54 Å². The second-order valence-electron chi connectivity index (χ2n) is 6.41. The van der Waals surface area contributed by atoms with Gasteiger partial charge in [-0.15, -0.1) is 0 Å². The van der Waals surface area contributed by atoms with Crippen molar-refractivity contribution in [3.63, 3.8) is 0 Å². The van der Waals surface area contributed by atoms with Crippen LogP contribution in [0.25, 0.3) is 11.3 Å². The van der Waals surface area contributed by atoms with Crippen LogP contribution in [0.3, 0.4) is 0 Å². The molecule has 6 heteroatoms. The number of aromatic amines is 1. The molecular formula is C19H20N4O2. The number of carbonyl (C=O) groups excluding carboxylic acids is 1. The molecule has 0 radical (unpaired) electrons. The van der Waals surface area contributed by atoms with Gasteiger partial charge in [0.1, 0.15) is 0 Å². The first-order valence-corrected chi connectivity index (χ1v) is 8.57. The quantitative estimate of drug-likeness (QED) is 0.790. The second-order valence-corrected chi connectivity index (χ2v) is 6.41. The van der Waals surface area contributed by atoms with Gasteiger partial charge in [-0.25, -0.2) is 0 Å². The van der Waals surface area contributed by atoms with E-state index in [1.807, 2.05) is 48.2 Å². The molecule has 0 bridgehead atoms. The number of piperidine rings is 1. The molecule has 1 saturated heterocycles. The Morgan fingerprint density at radius 3 is 2.88 bits per heavy atom. The molecule has 0 unspecified atom stereocenters. The molecule has 1 aliphatic rings. The van der Waals surface area contributed by atoms with Gasteiger partial charge in [-0.3, -0.25) is 9.89 Å². The van der Waals surface area contributed by atoms with Crippen molar-refractivity contribution < 1.29 is 9.32 Å². The van der Waals surface area contributed by atoms with Crippen LogP contribution >= 0.6 is 0 Å². The van der Waals surface area contributed by atoms with E-state index < -0.39 is 0 Å². The Balaban J connectivity index is 1.69. The van der Waals surface area contributed by atoms with Crippen LogP contribution in [0.4, 0.5) is 0 Å². The molecule has 1 fully saturated rings. The van der Waals surface area contributed by atoms with Gasteiger partial charge in [0.15, 0.2) is 5.76 Å². The van der Waals surface area contributed by atoms with Gasteiger partial charge in [0.2, 0.25) is 0 Å². The first-order valence-electron chi connectivity index (χ1n) is 8.57.